The maximum absolute atomic E-state index is 14.0. The van der Waals surface area contributed by atoms with Gasteiger partial charge in [-0.2, -0.15) is 18.2 Å². The number of rotatable bonds is 6. The largest absolute Gasteiger partial charge is 0.471 e. The molecule has 8 nitrogen and oxygen atoms in total. The van der Waals surface area contributed by atoms with Crippen LogP contribution >= 0.6 is 0 Å². The second-order valence-corrected chi connectivity index (χ2v) is 7.81. The molecule has 0 spiro atoms. The Morgan fingerprint density at radius 1 is 1.11 bits per heavy atom. The number of benzene rings is 1. The van der Waals surface area contributed by atoms with Crippen molar-refractivity contribution in [2.75, 3.05) is 4.90 Å². The predicted octanol–water partition coefficient (Wildman–Crippen LogP) is 5.05. The summed E-state index contributed by atoms with van der Waals surface area (Å²) >= 11 is 0. The molecule has 0 aliphatic rings. The highest BCUT2D eigenvalue weighted by atomic mass is 19.4. The van der Waals surface area contributed by atoms with Crippen LogP contribution in [0.2, 0.25) is 0 Å². The Hall–Kier alpha value is -4.22. The molecule has 0 aliphatic heterocycles. The van der Waals surface area contributed by atoms with Gasteiger partial charge in [0, 0.05) is 23.6 Å². The lowest BCUT2D eigenvalue weighted by atomic mass is 10.0. The molecular weight excluding hydrogens is 468 g/mol. The zero-order chi connectivity index (χ0) is 25.2. The van der Waals surface area contributed by atoms with Crippen LogP contribution in [0.5, 0.6) is 0 Å². The van der Waals surface area contributed by atoms with E-state index in [1.165, 1.54) is 54.0 Å². The minimum absolute atomic E-state index is 0.0605. The quantitative estimate of drug-likeness (QED) is 0.352. The molecule has 3 aromatic heterocycles. The van der Waals surface area contributed by atoms with Crippen LogP contribution < -0.4 is 4.90 Å². The van der Waals surface area contributed by atoms with Crippen LogP contribution in [0, 0.1) is 5.82 Å². The van der Waals surface area contributed by atoms with Gasteiger partial charge in [-0.1, -0.05) is 25.1 Å². The zero-order valence-corrected chi connectivity index (χ0v) is 18.5. The highest BCUT2D eigenvalue weighted by molar-refractivity contribution is 6.06. The van der Waals surface area contributed by atoms with E-state index in [2.05, 4.69) is 29.6 Å². The number of pyridine rings is 1. The average Bonchev–Trinajstić information content (AvgIpc) is 3.34. The fourth-order valence-corrected chi connectivity index (χ4v) is 3.30. The summed E-state index contributed by atoms with van der Waals surface area (Å²) in [4.78, 5) is 30.6. The van der Waals surface area contributed by atoms with Crippen molar-refractivity contribution in [3.8, 4) is 11.4 Å². The SMILES string of the molecule is CC(C)c1ncncc1C(=O)N(Cc1ccc(-c2noc(C(F)(F)F)n2)cn1)c1cccc(F)c1. The number of aromatic nitrogens is 5. The Kier molecular flexibility index (Phi) is 6.54. The van der Waals surface area contributed by atoms with Crippen molar-refractivity contribution >= 4 is 11.6 Å². The van der Waals surface area contributed by atoms with Crippen LogP contribution in [0.4, 0.5) is 23.2 Å². The topological polar surface area (TPSA) is 97.9 Å². The van der Waals surface area contributed by atoms with Crippen LogP contribution in [0.3, 0.4) is 0 Å². The van der Waals surface area contributed by atoms with E-state index in [4.69, 9.17) is 0 Å². The summed E-state index contributed by atoms with van der Waals surface area (Å²) < 4.78 is 56.4. The fourth-order valence-electron chi connectivity index (χ4n) is 3.30. The molecule has 180 valence electrons. The third kappa shape index (κ3) is 5.31. The van der Waals surface area contributed by atoms with Gasteiger partial charge in [-0.3, -0.25) is 9.78 Å². The number of carbonyl (C=O) groups excluding carboxylic acids is 1. The van der Waals surface area contributed by atoms with Crippen LogP contribution in [0.15, 0.2) is 59.6 Å². The maximum atomic E-state index is 14.0. The number of amides is 1. The van der Waals surface area contributed by atoms with E-state index in [1.807, 2.05) is 13.8 Å². The van der Waals surface area contributed by atoms with Gasteiger partial charge in [0.15, 0.2) is 0 Å². The van der Waals surface area contributed by atoms with Crippen molar-refractivity contribution in [3.63, 3.8) is 0 Å². The van der Waals surface area contributed by atoms with Crippen LogP contribution in [-0.4, -0.2) is 31.0 Å². The molecule has 0 saturated heterocycles. The smallest absolute Gasteiger partial charge is 0.329 e. The maximum Gasteiger partial charge on any atom is 0.471 e. The van der Waals surface area contributed by atoms with Crippen molar-refractivity contribution in [2.45, 2.75) is 32.5 Å². The molecule has 0 saturated carbocycles. The van der Waals surface area contributed by atoms with E-state index < -0.39 is 23.8 Å². The third-order valence-corrected chi connectivity index (χ3v) is 4.96. The Morgan fingerprint density at radius 2 is 1.91 bits per heavy atom. The molecule has 0 radical (unpaired) electrons. The molecule has 1 aromatic carbocycles. The summed E-state index contributed by atoms with van der Waals surface area (Å²) in [5.41, 5.74) is 1.65. The summed E-state index contributed by atoms with van der Waals surface area (Å²) in [7, 11) is 0. The van der Waals surface area contributed by atoms with Crippen molar-refractivity contribution in [2.24, 2.45) is 0 Å². The fraction of sp³-hybridized carbons (Fsp3) is 0.217. The number of alkyl halides is 3. The summed E-state index contributed by atoms with van der Waals surface area (Å²) in [6.07, 6.45) is -0.747. The number of carbonyl (C=O) groups is 1. The number of anilines is 1. The molecule has 4 aromatic rings. The van der Waals surface area contributed by atoms with Gasteiger partial charge in [0.2, 0.25) is 5.82 Å². The molecule has 12 heteroatoms. The minimum atomic E-state index is -4.76. The van der Waals surface area contributed by atoms with Gasteiger partial charge in [0.05, 0.1) is 23.5 Å². The standard InChI is InChI=1S/C23H18F4N6O2/c1-13(2)19-18(10-28-12-30-19)21(34)33(17-5-3-4-15(24)8-17)11-16-7-6-14(9-29-16)20-31-22(35-32-20)23(25,26)27/h3-10,12-13H,11H2,1-2H3. The highest BCUT2D eigenvalue weighted by Crippen LogP contribution is 2.29. The van der Waals surface area contributed by atoms with E-state index in [-0.39, 0.29) is 35.1 Å². The van der Waals surface area contributed by atoms with Crippen molar-refractivity contribution < 1.29 is 26.9 Å². The van der Waals surface area contributed by atoms with Gasteiger partial charge in [0.1, 0.15) is 12.1 Å². The van der Waals surface area contributed by atoms with Crippen molar-refractivity contribution in [3.05, 3.63) is 83.8 Å². The molecule has 1 amide bonds. The second-order valence-electron chi connectivity index (χ2n) is 7.81. The van der Waals surface area contributed by atoms with Gasteiger partial charge in [-0.05, 0) is 36.2 Å². The van der Waals surface area contributed by atoms with Crippen LogP contribution in [0.25, 0.3) is 11.4 Å². The van der Waals surface area contributed by atoms with Crippen molar-refractivity contribution in [1.29, 1.82) is 0 Å². The molecule has 3 heterocycles. The summed E-state index contributed by atoms with van der Waals surface area (Å²) in [5, 5.41) is 3.33. The molecule has 0 unspecified atom stereocenters. The normalized spacial score (nSPS) is 11.6. The summed E-state index contributed by atoms with van der Waals surface area (Å²) in [6, 6.07) is 8.47. The number of hydrogen-bond donors (Lipinski definition) is 0. The van der Waals surface area contributed by atoms with Crippen LogP contribution in [0.1, 0.15) is 47.4 Å². The highest BCUT2D eigenvalue weighted by Gasteiger charge is 2.38. The molecule has 4 rings (SSSR count). The predicted molar refractivity (Wildman–Crippen MR) is 116 cm³/mol. The number of halogens is 4. The first-order valence-electron chi connectivity index (χ1n) is 10.4. The zero-order valence-electron chi connectivity index (χ0n) is 18.5. The van der Waals surface area contributed by atoms with Gasteiger partial charge in [-0.15, -0.1) is 0 Å². The lowest BCUT2D eigenvalue weighted by Gasteiger charge is -2.24. The van der Waals surface area contributed by atoms with Gasteiger partial charge in [-0.25, -0.2) is 14.4 Å². The lowest BCUT2D eigenvalue weighted by molar-refractivity contribution is -0.159. The van der Waals surface area contributed by atoms with E-state index in [9.17, 15) is 22.4 Å². The first-order valence-corrected chi connectivity index (χ1v) is 10.4. The van der Waals surface area contributed by atoms with E-state index >= 15 is 0 Å². The molecule has 35 heavy (non-hydrogen) atoms. The molecule has 0 atom stereocenters. The van der Waals surface area contributed by atoms with E-state index in [0.29, 0.717) is 11.4 Å². The van der Waals surface area contributed by atoms with Crippen molar-refractivity contribution in [1.82, 2.24) is 25.1 Å². The average molecular weight is 486 g/mol. The Bertz CT molecular complexity index is 1340. The Balaban J connectivity index is 1.65. The molecule has 0 bridgehead atoms. The lowest BCUT2D eigenvalue weighted by Crippen LogP contribution is -2.32. The summed E-state index contributed by atoms with van der Waals surface area (Å²) in [6.45, 7) is 3.71. The molecular formula is C23H18F4N6O2. The van der Waals surface area contributed by atoms with E-state index in [1.54, 1.807) is 6.07 Å². The number of nitrogens with zero attached hydrogens (tertiary/aromatic N) is 6. The second kappa shape index (κ2) is 9.57. The van der Waals surface area contributed by atoms with Crippen LogP contribution in [-0.2, 0) is 12.7 Å². The molecule has 0 aliphatic carbocycles. The molecule has 0 fully saturated rings. The van der Waals surface area contributed by atoms with E-state index in [0.717, 1.165) is 0 Å². The minimum Gasteiger partial charge on any atom is -0.329 e. The monoisotopic (exact) mass is 486 g/mol. The Morgan fingerprint density at radius 3 is 2.54 bits per heavy atom. The van der Waals surface area contributed by atoms with Gasteiger partial charge < -0.3 is 9.42 Å². The first-order chi connectivity index (χ1) is 16.6. The number of hydrogen-bond acceptors (Lipinski definition) is 7. The first kappa shape index (κ1) is 23.9. The van der Waals surface area contributed by atoms with Gasteiger partial charge in [0.25, 0.3) is 5.91 Å². The van der Waals surface area contributed by atoms with Gasteiger partial charge >= 0.3 is 12.1 Å². The molecule has 0 N–H and O–H groups in total. The Labute approximate surface area is 196 Å². The third-order valence-electron chi connectivity index (χ3n) is 4.96. The summed E-state index contributed by atoms with van der Waals surface area (Å²) in [5.74, 6) is -2.81.